The lowest BCUT2D eigenvalue weighted by Gasteiger charge is -2.21. The first-order valence-electron chi connectivity index (χ1n) is 13.2. The summed E-state index contributed by atoms with van der Waals surface area (Å²) in [5.41, 5.74) is 5.85. The van der Waals surface area contributed by atoms with Gasteiger partial charge in [-0.15, -0.1) is 0 Å². The van der Waals surface area contributed by atoms with Crippen LogP contribution in [0.25, 0.3) is 33.6 Å². The molecule has 0 saturated heterocycles. The molecule has 0 saturated carbocycles. The highest BCUT2D eigenvalue weighted by atomic mass is 16.1. The Balaban J connectivity index is 1.81. The van der Waals surface area contributed by atoms with E-state index >= 15 is 0 Å². The summed E-state index contributed by atoms with van der Waals surface area (Å²) in [4.78, 5) is 34.2. The molecule has 5 aromatic carbocycles. The molecule has 0 aliphatic rings. The highest BCUT2D eigenvalue weighted by Crippen LogP contribution is 2.41. The molecule has 0 amide bonds. The van der Waals surface area contributed by atoms with E-state index in [0.717, 1.165) is 16.7 Å². The van der Waals surface area contributed by atoms with Crippen LogP contribution in [-0.4, -0.2) is 16.6 Å². The Bertz CT molecular complexity index is 1780. The van der Waals surface area contributed by atoms with Crippen molar-refractivity contribution in [3.8, 4) is 33.6 Å². The highest BCUT2D eigenvalue weighted by Gasteiger charge is 2.31. The van der Waals surface area contributed by atoms with Crippen molar-refractivity contribution in [2.24, 2.45) is 0 Å². The van der Waals surface area contributed by atoms with E-state index in [1.807, 2.05) is 127 Å². The molecule has 3 heteroatoms. The molecule has 40 heavy (non-hydrogen) atoms. The largest absolute Gasteiger partial charge is 0.289 e. The van der Waals surface area contributed by atoms with Gasteiger partial charge in [-0.25, -0.2) is 4.98 Å². The molecular formula is C37H25NO2. The molecule has 0 bridgehead atoms. The second-order valence-electron chi connectivity index (χ2n) is 9.42. The van der Waals surface area contributed by atoms with Crippen LogP contribution >= 0.6 is 0 Å². The number of aromatic nitrogens is 1. The van der Waals surface area contributed by atoms with Crippen LogP contribution in [0.15, 0.2) is 152 Å². The Morgan fingerprint density at radius 1 is 0.375 bits per heavy atom. The third-order valence-electron chi connectivity index (χ3n) is 6.88. The van der Waals surface area contributed by atoms with E-state index < -0.39 is 0 Å². The second-order valence-corrected chi connectivity index (χ2v) is 9.42. The number of benzene rings is 5. The van der Waals surface area contributed by atoms with Gasteiger partial charge >= 0.3 is 0 Å². The molecule has 3 nitrogen and oxygen atoms in total. The number of carbonyl (C=O) groups is 2. The van der Waals surface area contributed by atoms with Crippen molar-refractivity contribution in [2.45, 2.75) is 0 Å². The van der Waals surface area contributed by atoms with Crippen molar-refractivity contribution in [1.82, 2.24) is 4.98 Å². The Kier molecular flexibility index (Phi) is 6.93. The van der Waals surface area contributed by atoms with Crippen molar-refractivity contribution in [1.29, 1.82) is 0 Å². The molecule has 0 atom stereocenters. The summed E-state index contributed by atoms with van der Waals surface area (Å²) >= 11 is 0. The number of pyridine rings is 1. The lowest BCUT2D eigenvalue weighted by atomic mass is 9.83. The number of hydrogen-bond acceptors (Lipinski definition) is 3. The topological polar surface area (TPSA) is 47.0 Å². The Labute approximate surface area is 233 Å². The zero-order valence-corrected chi connectivity index (χ0v) is 21.7. The van der Waals surface area contributed by atoms with Gasteiger partial charge in [0.25, 0.3) is 0 Å². The number of hydrogen-bond donors (Lipinski definition) is 0. The van der Waals surface area contributed by atoms with Gasteiger partial charge in [0.05, 0.1) is 17.0 Å². The fraction of sp³-hybridized carbons (Fsp3) is 0. The Hall–Kier alpha value is -5.41. The monoisotopic (exact) mass is 515 g/mol. The van der Waals surface area contributed by atoms with Gasteiger partial charge in [-0.05, 0) is 5.56 Å². The maximum atomic E-state index is 14.6. The van der Waals surface area contributed by atoms with Crippen molar-refractivity contribution in [3.63, 3.8) is 0 Å². The first kappa shape index (κ1) is 24.9. The van der Waals surface area contributed by atoms with Gasteiger partial charge < -0.3 is 0 Å². The molecule has 0 spiro atoms. The normalized spacial score (nSPS) is 10.7. The van der Waals surface area contributed by atoms with Crippen LogP contribution in [-0.2, 0) is 0 Å². The highest BCUT2D eigenvalue weighted by molar-refractivity contribution is 6.25. The molecular weight excluding hydrogens is 490 g/mol. The number of rotatable bonds is 7. The number of nitrogens with zero attached hydrogens (tertiary/aromatic N) is 1. The minimum absolute atomic E-state index is 0.226. The second kappa shape index (κ2) is 11.1. The van der Waals surface area contributed by atoms with Gasteiger partial charge in [0.2, 0.25) is 0 Å². The summed E-state index contributed by atoms with van der Waals surface area (Å²) in [7, 11) is 0. The molecule has 6 aromatic rings. The minimum Gasteiger partial charge on any atom is -0.289 e. The predicted octanol–water partition coefficient (Wildman–Crippen LogP) is 8.54. The summed E-state index contributed by atoms with van der Waals surface area (Å²) in [5.74, 6) is -0.474. The average molecular weight is 516 g/mol. The van der Waals surface area contributed by atoms with E-state index in [0.29, 0.717) is 39.2 Å². The van der Waals surface area contributed by atoms with Crippen LogP contribution in [0.5, 0.6) is 0 Å². The zero-order chi connectivity index (χ0) is 27.3. The molecule has 190 valence electrons. The van der Waals surface area contributed by atoms with Crippen LogP contribution in [0.3, 0.4) is 0 Å². The maximum absolute atomic E-state index is 14.6. The number of ketones is 2. The van der Waals surface area contributed by atoms with Gasteiger partial charge in [-0.2, -0.15) is 0 Å². The minimum atomic E-state index is -0.247. The van der Waals surface area contributed by atoms with Crippen molar-refractivity contribution in [2.75, 3.05) is 0 Å². The molecule has 1 heterocycles. The summed E-state index contributed by atoms with van der Waals surface area (Å²) in [6.07, 6.45) is 0. The summed E-state index contributed by atoms with van der Waals surface area (Å²) in [6, 6.07) is 47.4. The van der Waals surface area contributed by atoms with Crippen LogP contribution < -0.4 is 0 Å². The van der Waals surface area contributed by atoms with E-state index in [-0.39, 0.29) is 11.6 Å². The molecule has 0 fully saturated rings. The molecule has 0 N–H and O–H groups in total. The third kappa shape index (κ3) is 4.77. The third-order valence-corrected chi connectivity index (χ3v) is 6.88. The van der Waals surface area contributed by atoms with Crippen LogP contribution in [0.2, 0.25) is 0 Å². The quantitative estimate of drug-likeness (QED) is 0.200. The van der Waals surface area contributed by atoms with E-state index in [1.165, 1.54) is 0 Å². The lowest BCUT2D eigenvalue weighted by molar-refractivity contribution is 0.100. The van der Waals surface area contributed by atoms with E-state index in [9.17, 15) is 9.59 Å². The standard InChI is InChI=1S/C37H25NO2/c39-36(29-22-12-4-13-23-29)32-31(26-16-6-1-7-17-26)34(27-18-8-2-9-19-27)38-35(28-20-10-3-11-21-28)33(32)37(40)30-24-14-5-15-25-30/h1-25H. The Morgan fingerprint density at radius 3 is 1.18 bits per heavy atom. The average Bonchev–Trinajstić information content (AvgIpc) is 3.05. The maximum Gasteiger partial charge on any atom is 0.195 e. The van der Waals surface area contributed by atoms with Crippen LogP contribution in [0.4, 0.5) is 0 Å². The van der Waals surface area contributed by atoms with Gasteiger partial charge in [0.1, 0.15) is 0 Å². The number of carbonyl (C=O) groups excluding carboxylic acids is 2. The molecule has 6 rings (SSSR count). The molecule has 1 aromatic heterocycles. The SMILES string of the molecule is O=C(c1ccccc1)c1c(-c2ccccc2)nc(-c2ccccc2)c(-c2ccccc2)c1C(=O)c1ccccc1. The molecule has 0 aliphatic heterocycles. The van der Waals surface area contributed by atoms with Gasteiger partial charge in [0, 0.05) is 33.4 Å². The van der Waals surface area contributed by atoms with Crippen LogP contribution in [0.1, 0.15) is 31.8 Å². The molecule has 0 aliphatic carbocycles. The smallest absolute Gasteiger partial charge is 0.195 e. The zero-order valence-electron chi connectivity index (χ0n) is 21.7. The van der Waals surface area contributed by atoms with E-state index in [1.54, 1.807) is 24.3 Å². The van der Waals surface area contributed by atoms with E-state index in [2.05, 4.69) is 0 Å². The summed E-state index contributed by atoms with van der Waals surface area (Å²) in [6.45, 7) is 0. The summed E-state index contributed by atoms with van der Waals surface area (Å²) in [5, 5.41) is 0. The first-order valence-corrected chi connectivity index (χ1v) is 13.2. The van der Waals surface area contributed by atoms with Crippen molar-refractivity contribution in [3.05, 3.63) is 174 Å². The predicted molar refractivity (Wildman–Crippen MR) is 160 cm³/mol. The van der Waals surface area contributed by atoms with Gasteiger partial charge in [-0.3, -0.25) is 9.59 Å². The van der Waals surface area contributed by atoms with Gasteiger partial charge in [-0.1, -0.05) is 152 Å². The van der Waals surface area contributed by atoms with Gasteiger partial charge in [0.15, 0.2) is 11.6 Å². The summed E-state index contributed by atoms with van der Waals surface area (Å²) < 4.78 is 0. The Morgan fingerprint density at radius 2 is 0.725 bits per heavy atom. The van der Waals surface area contributed by atoms with Crippen molar-refractivity contribution < 1.29 is 9.59 Å². The molecule has 0 radical (unpaired) electrons. The van der Waals surface area contributed by atoms with Crippen LogP contribution in [0, 0.1) is 0 Å². The molecule has 0 unspecified atom stereocenters. The lowest BCUT2D eigenvalue weighted by Crippen LogP contribution is -2.17. The van der Waals surface area contributed by atoms with Crippen molar-refractivity contribution >= 4 is 11.6 Å². The fourth-order valence-electron chi connectivity index (χ4n) is 5.00. The first-order chi connectivity index (χ1) is 19.7. The fourth-order valence-corrected chi connectivity index (χ4v) is 5.00. The van der Waals surface area contributed by atoms with E-state index in [4.69, 9.17) is 4.98 Å².